The molecule has 0 aliphatic carbocycles. The van der Waals surface area contributed by atoms with Gasteiger partial charge < -0.3 is 25.6 Å². The molecule has 1 aliphatic rings. The fourth-order valence-electron chi connectivity index (χ4n) is 2.25. The summed E-state index contributed by atoms with van der Waals surface area (Å²) in [5.41, 5.74) is 0.324. The van der Waals surface area contributed by atoms with E-state index in [0.717, 1.165) is 32.4 Å². The van der Waals surface area contributed by atoms with Crippen molar-refractivity contribution in [3.05, 3.63) is 23.8 Å². The van der Waals surface area contributed by atoms with Gasteiger partial charge in [-0.25, -0.2) is 0 Å². The Morgan fingerprint density at radius 2 is 2.05 bits per heavy atom. The van der Waals surface area contributed by atoms with Gasteiger partial charge in [-0.3, -0.25) is 4.79 Å². The molecule has 0 spiro atoms. The summed E-state index contributed by atoms with van der Waals surface area (Å²) in [5.74, 6) is -0.800. The van der Waals surface area contributed by atoms with Crippen LogP contribution in [0.5, 0.6) is 11.5 Å². The minimum absolute atomic E-state index is 0.234. The third-order valence-electron chi connectivity index (χ3n) is 3.48. The molecule has 1 fully saturated rings. The van der Waals surface area contributed by atoms with Crippen LogP contribution in [0.4, 0.5) is 0 Å². The maximum absolute atomic E-state index is 11.8. The van der Waals surface area contributed by atoms with E-state index < -0.39 is 0 Å². The molecule has 0 saturated carbocycles. The van der Waals surface area contributed by atoms with Gasteiger partial charge in [-0.2, -0.15) is 0 Å². The number of ether oxygens (including phenoxy) is 1. The van der Waals surface area contributed by atoms with Crippen molar-refractivity contribution in [3.63, 3.8) is 0 Å². The monoisotopic (exact) mass is 294 g/mol. The number of phenolic OH excluding ortho intramolecular Hbond substituents is 2. The largest absolute Gasteiger partial charge is 0.504 e. The Morgan fingerprint density at radius 1 is 1.29 bits per heavy atom. The normalized spacial score (nSPS) is 15.8. The summed E-state index contributed by atoms with van der Waals surface area (Å²) in [5, 5.41) is 24.6. The molecule has 0 radical (unpaired) electrons. The Balaban J connectivity index is 1.63. The standard InChI is InChI=1S/C15H22N2O4/c18-13-3-2-11(10-14(13)19)15(20)17-6-1-9-21-12-4-7-16-8-5-12/h2-3,10,12,16,18-19H,1,4-9H2,(H,17,20). The topological polar surface area (TPSA) is 90.8 Å². The number of amides is 1. The van der Waals surface area contributed by atoms with Gasteiger partial charge in [-0.05, 0) is 50.6 Å². The molecular formula is C15H22N2O4. The van der Waals surface area contributed by atoms with Crippen LogP contribution in [-0.2, 0) is 4.74 Å². The smallest absolute Gasteiger partial charge is 0.251 e. The number of aromatic hydroxyl groups is 2. The number of nitrogens with one attached hydrogen (secondary N) is 2. The Hall–Kier alpha value is -1.79. The third-order valence-corrected chi connectivity index (χ3v) is 3.48. The van der Waals surface area contributed by atoms with Crippen LogP contribution in [0.1, 0.15) is 29.6 Å². The number of piperidine rings is 1. The van der Waals surface area contributed by atoms with E-state index in [0.29, 0.717) is 24.8 Å². The lowest BCUT2D eigenvalue weighted by atomic mass is 10.1. The molecule has 4 N–H and O–H groups in total. The number of carbonyl (C=O) groups is 1. The van der Waals surface area contributed by atoms with E-state index in [1.54, 1.807) is 0 Å². The maximum Gasteiger partial charge on any atom is 0.251 e. The molecule has 1 aromatic rings. The Labute approximate surface area is 124 Å². The van der Waals surface area contributed by atoms with E-state index in [4.69, 9.17) is 4.74 Å². The molecule has 21 heavy (non-hydrogen) atoms. The molecule has 1 heterocycles. The van der Waals surface area contributed by atoms with Crippen molar-refractivity contribution in [2.75, 3.05) is 26.2 Å². The molecule has 0 atom stereocenters. The first-order valence-corrected chi connectivity index (χ1v) is 7.29. The second kappa shape index (κ2) is 7.85. The fourth-order valence-corrected chi connectivity index (χ4v) is 2.25. The van der Waals surface area contributed by atoms with E-state index in [1.807, 2.05) is 0 Å². The minimum Gasteiger partial charge on any atom is -0.504 e. The molecule has 0 bridgehead atoms. The van der Waals surface area contributed by atoms with Gasteiger partial charge in [0.2, 0.25) is 0 Å². The predicted molar refractivity (Wildman–Crippen MR) is 78.6 cm³/mol. The van der Waals surface area contributed by atoms with Crippen LogP contribution < -0.4 is 10.6 Å². The van der Waals surface area contributed by atoms with E-state index >= 15 is 0 Å². The van der Waals surface area contributed by atoms with E-state index in [1.165, 1.54) is 18.2 Å². The average molecular weight is 294 g/mol. The highest BCUT2D eigenvalue weighted by atomic mass is 16.5. The van der Waals surface area contributed by atoms with Crippen LogP contribution in [0.3, 0.4) is 0 Å². The average Bonchev–Trinajstić information content (AvgIpc) is 2.50. The number of benzene rings is 1. The molecule has 1 amide bonds. The summed E-state index contributed by atoms with van der Waals surface area (Å²) < 4.78 is 5.74. The van der Waals surface area contributed by atoms with Crippen LogP contribution in [0.15, 0.2) is 18.2 Å². The Bertz CT molecular complexity index is 473. The molecular weight excluding hydrogens is 272 g/mol. The quantitative estimate of drug-likeness (QED) is 0.464. The zero-order chi connectivity index (χ0) is 15.1. The molecule has 2 rings (SSSR count). The van der Waals surface area contributed by atoms with Crippen molar-refractivity contribution >= 4 is 5.91 Å². The van der Waals surface area contributed by atoms with Crippen LogP contribution in [0, 0.1) is 0 Å². The van der Waals surface area contributed by atoms with Crippen LogP contribution in [-0.4, -0.2) is 48.5 Å². The molecule has 1 saturated heterocycles. The molecule has 6 heteroatoms. The zero-order valence-corrected chi connectivity index (χ0v) is 12.0. The summed E-state index contributed by atoms with van der Waals surface area (Å²) >= 11 is 0. The fraction of sp³-hybridized carbons (Fsp3) is 0.533. The third kappa shape index (κ3) is 4.91. The van der Waals surface area contributed by atoms with Crippen molar-refractivity contribution in [1.82, 2.24) is 10.6 Å². The van der Waals surface area contributed by atoms with Gasteiger partial charge in [0.25, 0.3) is 5.91 Å². The zero-order valence-electron chi connectivity index (χ0n) is 12.0. The first-order chi connectivity index (χ1) is 10.2. The number of hydrogen-bond acceptors (Lipinski definition) is 5. The van der Waals surface area contributed by atoms with Crippen LogP contribution in [0.25, 0.3) is 0 Å². The van der Waals surface area contributed by atoms with Gasteiger partial charge >= 0.3 is 0 Å². The van der Waals surface area contributed by atoms with E-state index in [-0.39, 0.29) is 17.4 Å². The maximum atomic E-state index is 11.8. The Kier molecular flexibility index (Phi) is 5.83. The first-order valence-electron chi connectivity index (χ1n) is 7.29. The van der Waals surface area contributed by atoms with Crippen molar-refractivity contribution < 1.29 is 19.7 Å². The lowest BCUT2D eigenvalue weighted by Crippen LogP contribution is -2.33. The summed E-state index contributed by atoms with van der Waals surface area (Å²) in [6.07, 6.45) is 3.16. The highest BCUT2D eigenvalue weighted by Crippen LogP contribution is 2.24. The second-order valence-electron chi connectivity index (χ2n) is 5.13. The van der Waals surface area contributed by atoms with Gasteiger partial charge in [-0.15, -0.1) is 0 Å². The van der Waals surface area contributed by atoms with Gasteiger partial charge in [-0.1, -0.05) is 0 Å². The summed E-state index contributed by atoms with van der Waals surface area (Å²) in [7, 11) is 0. The highest BCUT2D eigenvalue weighted by Gasteiger charge is 2.13. The SMILES string of the molecule is O=C(NCCCOC1CCNCC1)c1ccc(O)c(O)c1. The summed E-state index contributed by atoms with van der Waals surface area (Å²) in [6.45, 7) is 3.16. The van der Waals surface area contributed by atoms with Crippen molar-refractivity contribution in [2.24, 2.45) is 0 Å². The molecule has 1 aromatic carbocycles. The predicted octanol–water partition coefficient (Wildman–Crippen LogP) is 0.986. The van der Waals surface area contributed by atoms with Crippen molar-refractivity contribution in [3.8, 4) is 11.5 Å². The molecule has 0 aromatic heterocycles. The van der Waals surface area contributed by atoms with E-state index in [9.17, 15) is 15.0 Å². The van der Waals surface area contributed by atoms with Crippen molar-refractivity contribution in [1.29, 1.82) is 0 Å². The van der Waals surface area contributed by atoms with Crippen LogP contribution in [0.2, 0.25) is 0 Å². The lowest BCUT2D eigenvalue weighted by molar-refractivity contribution is 0.0318. The van der Waals surface area contributed by atoms with E-state index in [2.05, 4.69) is 10.6 Å². The van der Waals surface area contributed by atoms with Crippen LogP contribution >= 0.6 is 0 Å². The van der Waals surface area contributed by atoms with Gasteiger partial charge in [0.05, 0.1) is 6.10 Å². The number of hydrogen-bond donors (Lipinski definition) is 4. The molecule has 0 unspecified atom stereocenters. The Morgan fingerprint density at radius 3 is 2.76 bits per heavy atom. The molecule has 1 aliphatic heterocycles. The number of rotatable bonds is 6. The van der Waals surface area contributed by atoms with Gasteiger partial charge in [0.1, 0.15) is 0 Å². The lowest BCUT2D eigenvalue weighted by Gasteiger charge is -2.22. The van der Waals surface area contributed by atoms with Gasteiger partial charge in [0, 0.05) is 18.7 Å². The van der Waals surface area contributed by atoms with Gasteiger partial charge in [0.15, 0.2) is 11.5 Å². The summed E-state index contributed by atoms with van der Waals surface area (Å²) in [4.78, 5) is 11.8. The first kappa shape index (κ1) is 15.6. The number of carbonyl (C=O) groups excluding carboxylic acids is 1. The molecule has 6 nitrogen and oxygen atoms in total. The second-order valence-corrected chi connectivity index (χ2v) is 5.13. The van der Waals surface area contributed by atoms with Crippen molar-refractivity contribution in [2.45, 2.75) is 25.4 Å². The number of phenols is 2. The highest BCUT2D eigenvalue weighted by molar-refractivity contribution is 5.94. The summed E-state index contributed by atoms with van der Waals surface area (Å²) in [6, 6.07) is 4.01. The molecule has 116 valence electrons. The minimum atomic E-state index is -0.295.